The first kappa shape index (κ1) is 25.1. The molecule has 0 saturated carbocycles. The summed E-state index contributed by atoms with van der Waals surface area (Å²) in [6.45, 7) is 4.75. The van der Waals surface area contributed by atoms with E-state index < -0.39 is 0 Å². The lowest BCUT2D eigenvalue weighted by molar-refractivity contribution is 0.0277. The van der Waals surface area contributed by atoms with Crippen molar-refractivity contribution in [1.29, 1.82) is 0 Å². The molecule has 10 heteroatoms. The maximum atomic E-state index is 13.6. The van der Waals surface area contributed by atoms with E-state index in [0.717, 1.165) is 41.0 Å². The van der Waals surface area contributed by atoms with Crippen LogP contribution in [-0.2, 0) is 11.3 Å². The number of fused-ring (bicyclic) bond motifs is 1. The predicted octanol–water partition coefficient (Wildman–Crippen LogP) is 4.99. The molecule has 5 aromatic rings. The van der Waals surface area contributed by atoms with Crippen molar-refractivity contribution >= 4 is 34.3 Å². The number of aryl methyl sites for hydroxylation is 1. The number of morpholine rings is 1. The third-order valence-corrected chi connectivity index (χ3v) is 7.06. The summed E-state index contributed by atoms with van der Waals surface area (Å²) >= 11 is 6.66. The van der Waals surface area contributed by atoms with E-state index in [-0.39, 0.29) is 11.7 Å². The van der Waals surface area contributed by atoms with E-state index in [9.17, 15) is 4.79 Å². The lowest BCUT2D eigenvalue weighted by Crippen LogP contribution is -2.33. The maximum absolute atomic E-state index is 13.6. The van der Waals surface area contributed by atoms with Gasteiger partial charge in [0.15, 0.2) is 0 Å². The summed E-state index contributed by atoms with van der Waals surface area (Å²) in [6, 6.07) is 17.2. The van der Waals surface area contributed by atoms with Crippen molar-refractivity contribution in [3.05, 3.63) is 94.3 Å². The van der Waals surface area contributed by atoms with Gasteiger partial charge in [0.2, 0.25) is 5.95 Å². The highest BCUT2D eigenvalue weighted by molar-refractivity contribution is 6.33. The van der Waals surface area contributed by atoms with E-state index in [1.54, 1.807) is 23.0 Å². The van der Waals surface area contributed by atoms with Crippen LogP contribution >= 0.6 is 11.6 Å². The number of nitrogens with one attached hydrogen (secondary N) is 2. The molecule has 1 fully saturated rings. The fourth-order valence-corrected chi connectivity index (χ4v) is 5.03. The average molecular weight is 540 g/mol. The summed E-state index contributed by atoms with van der Waals surface area (Å²) in [4.78, 5) is 31.0. The van der Waals surface area contributed by atoms with E-state index in [2.05, 4.69) is 30.6 Å². The van der Waals surface area contributed by atoms with Crippen molar-refractivity contribution in [1.82, 2.24) is 29.8 Å². The van der Waals surface area contributed by atoms with Crippen LogP contribution in [0.1, 0.15) is 18.6 Å². The van der Waals surface area contributed by atoms with Gasteiger partial charge >= 0.3 is 0 Å². The number of hydrogen-bond acceptors (Lipinski definition) is 8. The summed E-state index contributed by atoms with van der Waals surface area (Å²) in [7, 11) is 0. The minimum atomic E-state index is -0.170. The molecule has 0 spiro atoms. The zero-order valence-corrected chi connectivity index (χ0v) is 22.0. The third-order valence-electron chi connectivity index (χ3n) is 6.75. The minimum absolute atomic E-state index is 0.0508. The van der Waals surface area contributed by atoms with Crippen molar-refractivity contribution in [2.75, 3.05) is 25.0 Å². The van der Waals surface area contributed by atoms with Crippen LogP contribution in [0.15, 0.2) is 78.1 Å². The Balaban J connectivity index is 1.30. The van der Waals surface area contributed by atoms with Gasteiger partial charge in [0.25, 0.3) is 5.56 Å². The third kappa shape index (κ3) is 5.12. The fraction of sp³-hybridized carbons (Fsp3) is 0.207. The van der Waals surface area contributed by atoms with Gasteiger partial charge in [-0.15, -0.1) is 0 Å². The smallest absolute Gasteiger partial charge is 0.260 e. The Kier molecular flexibility index (Phi) is 7.02. The number of aromatic nitrogens is 5. The largest absolute Gasteiger partial charge is 0.371 e. The van der Waals surface area contributed by atoms with E-state index >= 15 is 0 Å². The Morgan fingerprint density at radius 2 is 1.97 bits per heavy atom. The number of pyridine rings is 1. The van der Waals surface area contributed by atoms with E-state index in [0.29, 0.717) is 40.9 Å². The monoisotopic (exact) mass is 539 g/mol. The molecule has 2 aromatic carbocycles. The fourth-order valence-electron chi connectivity index (χ4n) is 4.75. The second-order valence-corrected chi connectivity index (χ2v) is 9.59. The lowest BCUT2D eigenvalue weighted by atomic mass is 10.0. The highest BCUT2D eigenvalue weighted by Gasteiger charge is 2.17. The second kappa shape index (κ2) is 10.9. The number of hydrogen-bond donors (Lipinski definition) is 2. The number of rotatable bonds is 6. The van der Waals surface area contributed by atoms with Gasteiger partial charge in [-0.05, 0) is 42.8 Å². The standard InChI is InChI=1S/C29H26ClN7O2/c1-2-37-27-20(13-23(28(37)38)22-8-5-19(14-24(22)30)25-9-10-32-17-34-25)15-33-29(36-27)35-21-6-3-18(4-7-21)26-16-31-11-12-39-26/h3-10,13-15,17,26,31H,2,11-12,16H2,1H3,(H,33,35,36). The van der Waals surface area contributed by atoms with Gasteiger partial charge in [-0.25, -0.2) is 15.0 Å². The van der Waals surface area contributed by atoms with Gasteiger partial charge < -0.3 is 15.4 Å². The van der Waals surface area contributed by atoms with Gasteiger partial charge in [-0.3, -0.25) is 9.36 Å². The van der Waals surface area contributed by atoms with Crippen molar-refractivity contribution < 1.29 is 4.74 Å². The highest BCUT2D eigenvalue weighted by Crippen LogP contribution is 2.31. The van der Waals surface area contributed by atoms with Crippen LogP contribution in [-0.4, -0.2) is 44.2 Å². The highest BCUT2D eigenvalue weighted by atomic mass is 35.5. The van der Waals surface area contributed by atoms with Crippen LogP contribution in [0.3, 0.4) is 0 Å². The summed E-state index contributed by atoms with van der Waals surface area (Å²) in [5, 5.41) is 7.80. The van der Waals surface area contributed by atoms with Crippen molar-refractivity contribution in [2.45, 2.75) is 19.6 Å². The van der Waals surface area contributed by atoms with Crippen molar-refractivity contribution in [3.63, 3.8) is 0 Å². The molecule has 1 aliphatic heterocycles. The number of benzene rings is 2. The number of halogens is 1. The molecule has 1 atom stereocenters. The molecule has 9 nitrogen and oxygen atoms in total. The molecule has 0 amide bonds. The number of anilines is 2. The molecule has 196 valence electrons. The molecule has 0 aliphatic carbocycles. The predicted molar refractivity (Wildman–Crippen MR) is 152 cm³/mol. The quantitative estimate of drug-likeness (QED) is 0.311. The van der Waals surface area contributed by atoms with E-state index in [4.69, 9.17) is 16.3 Å². The van der Waals surface area contributed by atoms with Crippen LogP contribution in [0.25, 0.3) is 33.4 Å². The maximum Gasteiger partial charge on any atom is 0.260 e. The molecule has 1 saturated heterocycles. The minimum Gasteiger partial charge on any atom is -0.371 e. The van der Waals surface area contributed by atoms with Crippen LogP contribution in [0.4, 0.5) is 11.6 Å². The molecule has 2 N–H and O–H groups in total. The summed E-state index contributed by atoms with van der Waals surface area (Å²) in [6.07, 6.45) is 4.94. The molecule has 1 unspecified atom stereocenters. The molecular weight excluding hydrogens is 514 g/mol. The van der Waals surface area contributed by atoms with Crippen LogP contribution in [0.5, 0.6) is 0 Å². The van der Waals surface area contributed by atoms with Gasteiger partial charge in [-0.2, -0.15) is 4.98 Å². The topological polar surface area (TPSA) is 107 Å². The zero-order valence-electron chi connectivity index (χ0n) is 21.3. The van der Waals surface area contributed by atoms with Crippen molar-refractivity contribution in [2.24, 2.45) is 0 Å². The van der Waals surface area contributed by atoms with Gasteiger partial charge in [0.1, 0.15) is 12.0 Å². The molecule has 0 bridgehead atoms. The summed E-state index contributed by atoms with van der Waals surface area (Å²) in [5.41, 5.74) is 5.07. The molecule has 1 aliphatic rings. The van der Waals surface area contributed by atoms with Gasteiger partial charge in [-0.1, -0.05) is 35.9 Å². The van der Waals surface area contributed by atoms with E-state index in [1.807, 2.05) is 55.5 Å². The molecule has 39 heavy (non-hydrogen) atoms. The Bertz CT molecular complexity index is 1680. The van der Waals surface area contributed by atoms with Gasteiger partial charge in [0, 0.05) is 64.8 Å². The lowest BCUT2D eigenvalue weighted by Gasteiger charge is -2.24. The first-order chi connectivity index (χ1) is 19.1. The molecule has 3 aromatic heterocycles. The molecule has 4 heterocycles. The Morgan fingerprint density at radius 3 is 2.69 bits per heavy atom. The van der Waals surface area contributed by atoms with Crippen molar-refractivity contribution in [3.8, 4) is 22.4 Å². The molecular formula is C29H26ClN7O2. The normalized spacial score (nSPS) is 15.4. The summed E-state index contributed by atoms with van der Waals surface area (Å²) < 4.78 is 7.47. The Morgan fingerprint density at radius 1 is 1.10 bits per heavy atom. The molecule has 6 rings (SSSR count). The van der Waals surface area contributed by atoms with Gasteiger partial charge in [0.05, 0.1) is 18.4 Å². The second-order valence-electron chi connectivity index (χ2n) is 9.18. The van der Waals surface area contributed by atoms with E-state index in [1.165, 1.54) is 6.33 Å². The van der Waals surface area contributed by atoms with Crippen LogP contribution in [0, 0.1) is 0 Å². The zero-order chi connectivity index (χ0) is 26.8. The first-order valence-corrected chi connectivity index (χ1v) is 13.1. The van der Waals surface area contributed by atoms with Crippen LogP contribution in [0.2, 0.25) is 5.02 Å². The average Bonchev–Trinajstić information content (AvgIpc) is 2.98. The molecule has 0 radical (unpaired) electrons. The SMILES string of the molecule is CCn1c(=O)c(-c2ccc(-c3ccncn3)cc2Cl)cc2cnc(Nc3ccc(C4CNCCO4)cc3)nc21. The number of ether oxygens (including phenoxy) is 1. The van der Waals surface area contributed by atoms with Crippen LogP contribution < -0.4 is 16.2 Å². The summed E-state index contributed by atoms with van der Waals surface area (Å²) in [5.74, 6) is 0.410. The first-order valence-electron chi connectivity index (χ1n) is 12.8. The Labute approximate surface area is 229 Å². The Hall–Kier alpha value is -4.18. The number of nitrogens with zero attached hydrogens (tertiary/aromatic N) is 5.